The van der Waals surface area contributed by atoms with E-state index in [0.717, 1.165) is 0 Å². The van der Waals surface area contributed by atoms with Crippen LogP contribution in [0.5, 0.6) is 5.88 Å². The van der Waals surface area contributed by atoms with E-state index in [9.17, 15) is 8.42 Å². The standard InChI is InChI=1S/C10H13N5O4S/c1-15-9(5-10(14-15)19-20(16,17)18)13-8-3-2-6(11)4-7(8)12/h2-5,13H,11-12H2,1H3,(H,16,17,18). The summed E-state index contributed by atoms with van der Waals surface area (Å²) in [6.07, 6.45) is 0. The Hall–Kier alpha value is -2.46. The molecular formula is C10H13N5O4S. The van der Waals surface area contributed by atoms with Crippen molar-refractivity contribution in [1.82, 2.24) is 9.78 Å². The van der Waals surface area contributed by atoms with Gasteiger partial charge in [0, 0.05) is 18.8 Å². The van der Waals surface area contributed by atoms with Gasteiger partial charge in [0.15, 0.2) is 0 Å². The van der Waals surface area contributed by atoms with Gasteiger partial charge in [0.2, 0.25) is 0 Å². The second kappa shape index (κ2) is 4.90. The van der Waals surface area contributed by atoms with Crippen molar-refractivity contribution in [2.24, 2.45) is 7.05 Å². The third-order valence-electron chi connectivity index (χ3n) is 2.39. The summed E-state index contributed by atoms with van der Waals surface area (Å²) in [7, 11) is -3.05. The molecule has 108 valence electrons. The van der Waals surface area contributed by atoms with E-state index in [4.69, 9.17) is 16.0 Å². The normalized spacial score (nSPS) is 11.3. The summed E-state index contributed by atoms with van der Waals surface area (Å²) in [5.74, 6) is 0.145. The van der Waals surface area contributed by atoms with Gasteiger partial charge in [-0.2, -0.15) is 8.42 Å². The lowest BCUT2D eigenvalue weighted by Crippen LogP contribution is -2.07. The SMILES string of the molecule is Cn1nc(OS(=O)(=O)O)cc1Nc1ccc(N)cc1N. The summed E-state index contributed by atoms with van der Waals surface area (Å²) in [6.45, 7) is 0. The Morgan fingerprint density at radius 2 is 2.05 bits per heavy atom. The number of benzene rings is 1. The van der Waals surface area contributed by atoms with Crippen molar-refractivity contribution in [2.45, 2.75) is 0 Å². The van der Waals surface area contributed by atoms with E-state index >= 15 is 0 Å². The Kier molecular flexibility index (Phi) is 3.42. The molecule has 0 aliphatic rings. The fourth-order valence-electron chi connectivity index (χ4n) is 1.54. The summed E-state index contributed by atoms with van der Waals surface area (Å²) >= 11 is 0. The number of aromatic nitrogens is 2. The third kappa shape index (κ3) is 3.30. The van der Waals surface area contributed by atoms with Crippen LogP contribution in [-0.2, 0) is 17.4 Å². The van der Waals surface area contributed by atoms with Gasteiger partial charge >= 0.3 is 10.4 Å². The average molecular weight is 299 g/mol. The van der Waals surface area contributed by atoms with Crippen molar-refractivity contribution in [2.75, 3.05) is 16.8 Å². The second-order valence-electron chi connectivity index (χ2n) is 3.97. The molecular weight excluding hydrogens is 286 g/mol. The largest absolute Gasteiger partial charge is 0.448 e. The molecule has 20 heavy (non-hydrogen) atoms. The molecule has 10 heteroatoms. The van der Waals surface area contributed by atoms with Crippen molar-refractivity contribution in [3.05, 3.63) is 24.3 Å². The first-order valence-electron chi connectivity index (χ1n) is 5.37. The third-order valence-corrected chi connectivity index (χ3v) is 2.77. The van der Waals surface area contributed by atoms with Crippen LogP contribution in [0.4, 0.5) is 22.9 Å². The predicted molar refractivity (Wildman–Crippen MR) is 73.9 cm³/mol. The average Bonchev–Trinajstić information content (AvgIpc) is 2.60. The van der Waals surface area contributed by atoms with Crippen molar-refractivity contribution >= 4 is 33.3 Å². The van der Waals surface area contributed by atoms with Gasteiger partial charge in [-0.1, -0.05) is 0 Å². The summed E-state index contributed by atoms with van der Waals surface area (Å²) < 4.78 is 35.4. The number of nitrogens with two attached hydrogens (primary N) is 2. The molecule has 0 amide bonds. The molecule has 0 spiro atoms. The Labute approximate surface area is 115 Å². The van der Waals surface area contributed by atoms with Crippen molar-refractivity contribution < 1.29 is 17.2 Å². The molecule has 0 bridgehead atoms. The lowest BCUT2D eigenvalue weighted by Gasteiger charge is -2.09. The highest BCUT2D eigenvalue weighted by Gasteiger charge is 2.13. The van der Waals surface area contributed by atoms with Crippen LogP contribution in [-0.4, -0.2) is 22.8 Å². The minimum absolute atomic E-state index is 0.272. The van der Waals surface area contributed by atoms with Crippen LogP contribution in [0.25, 0.3) is 0 Å². The summed E-state index contributed by atoms with van der Waals surface area (Å²) in [4.78, 5) is 0. The van der Waals surface area contributed by atoms with Gasteiger partial charge in [0.05, 0.1) is 11.4 Å². The summed E-state index contributed by atoms with van der Waals surface area (Å²) in [6, 6.07) is 6.20. The number of hydrogen-bond acceptors (Lipinski definition) is 7. The lowest BCUT2D eigenvalue weighted by molar-refractivity contribution is 0.379. The Balaban J connectivity index is 2.25. The number of nitrogens with one attached hydrogen (secondary N) is 1. The maximum Gasteiger partial charge on any atom is 0.448 e. The van der Waals surface area contributed by atoms with Crippen LogP contribution in [0.15, 0.2) is 24.3 Å². The van der Waals surface area contributed by atoms with Crippen LogP contribution in [0.2, 0.25) is 0 Å². The molecule has 0 saturated heterocycles. The molecule has 9 nitrogen and oxygen atoms in total. The first-order valence-corrected chi connectivity index (χ1v) is 6.74. The highest BCUT2D eigenvalue weighted by molar-refractivity contribution is 7.81. The number of anilines is 4. The predicted octanol–water partition coefficient (Wildman–Crippen LogP) is 0.510. The minimum Gasteiger partial charge on any atom is -0.399 e. The van der Waals surface area contributed by atoms with Gasteiger partial charge in [-0.3, -0.25) is 4.55 Å². The molecule has 2 aromatic rings. The van der Waals surface area contributed by atoms with E-state index in [0.29, 0.717) is 22.9 Å². The van der Waals surface area contributed by atoms with Gasteiger partial charge in [0.25, 0.3) is 5.88 Å². The molecule has 0 radical (unpaired) electrons. The topological polar surface area (TPSA) is 145 Å². The summed E-state index contributed by atoms with van der Waals surface area (Å²) in [5.41, 5.74) is 12.9. The van der Waals surface area contributed by atoms with Gasteiger partial charge in [-0.25, -0.2) is 4.68 Å². The fraction of sp³-hybridized carbons (Fsp3) is 0.100. The number of nitrogens with zero attached hydrogens (tertiary/aromatic N) is 2. The zero-order valence-corrected chi connectivity index (χ0v) is 11.3. The maximum absolute atomic E-state index is 10.6. The van der Waals surface area contributed by atoms with E-state index in [-0.39, 0.29) is 5.88 Å². The Morgan fingerprint density at radius 3 is 2.65 bits per heavy atom. The first-order chi connectivity index (χ1) is 9.24. The van der Waals surface area contributed by atoms with E-state index in [1.807, 2.05) is 0 Å². The first kappa shape index (κ1) is 14.0. The molecule has 0 atom stereocenters. The second-order valence-corrected chi connectivity index (χ2v) is 5.00. The molecule has 1 aromatic heterocycles. The van der Waals surface area contributed by atoms with Crippen molar-refractivity contribution in [3.8, 4) is 5.88 Å². The zero-order chi connectivity index (χ0) is 14.9. The molecule has 0 aliphatic carbocycles. The Morgan fingerprint density at radius 1 is 1.35 bits per heavy atom. The van der Waals surface area contributed by atoms with Gasteiger partial charge in [-0.15, -0.1) is 5.10 Å². The number of aryl methyl sites for hydroxylation is 1. The monoisotopic (exact) mass is 299 g/mol. The zero-order valence-electron chi connectivity index (χ0n) is 10.4. The highest BCUT2D eigenvalue weighted by atomic mass is 32.3. The number of rotatable bonds is 4. The van der Waals surface area contributed by atoms with Crippen LogP contribution >= 0.6 is 0 Å². The molecule has 1 heterocycles. The van der Waals surface area contributed by atoms with Gasteiger partial charge in [-0.05, 0) is 18.2 Å². The maximum atomic E-state index is 10.6. The fourth-order valence-corrected chi connectivity index (χ4v) is 1.84. The molecule has 0 aliphatic heterocycles. The van der Waals surface area contributed by atoms with Crippen LogP contribution in [0.3, 0.4) is 0 Å². The number of hydrogen-bond donors (Lipinski definition) is 4. The van der Waals surface area contributed by atoms with E-state index < -0.39 is 10.4 Å². The summed E-state index contributed by atoms with van der Waals surface area (Å²) in [5, 5.41) is 6.70. The molecule has 2 rings (SSSR count). The van der Waals surface area contributed by atoms with Crippen molar-refractivity contribution in [1.29, 1.82) is 0 Å². The highest BCUT2D eigenvalue weighted by Crippen LogP contribution is 2.26. The molecule has 1 aromatic carbocycles. The molecule has 0 fully saturated rings. The minimum atomic E-state index is -4.61. The smallest absolute Gasteiger partial charge is 0.399 e. The van der Waals surface area contributed by atoms with Gasteiger partial charge in [0.1, 0.15) is 5.82 Å². The Bertz CT molecular complexity index is 740. The van der Waals surface area contributed by atoms with Crippen LogP contribution in [0, 0.1) is 0 Å². The molecule has 0 saturated carbocycles. The van der Waals surface area contributed by atoms with Gasteiger partial charge < -0.3 is 21.0 Å². The van der Waals surface area contributed by atoms with Crippen LogP contribution in [0.1, 0.15) is 0 Å². The molecule has 0 unspecified atom stereocenters. The lowest BCUT2D eigenvalue weighted by atomic mass is 10.2. The van der Waals surface area contributed by atoms with E-state index in [1.165, 1.54) is 10.7 Å². The van der Waals surface area contributed by atoms with E-state index in [1.54, 1.807) is 25.2 Å². The molecule has 6 N–H and O–H groups in total. The quantitative estimate of drug-likeness (QED) is 0.472. The van der Waals surface area contributed by atoms with Crippen molar-refractivity contribution in [3.63, 3.8) is 0 Å². The van der Waals surface area contributed by atoms with Crippen LogP contribution < -0.4 is 21.0 Å². The number of nitrogen functional groups attached to an aromatic ring is 2. The van der Waals surface area contributed by atoms with E-state index in [2.05, 4.69) is 14.6 Å².